The zero-order valence-electron chi connectivity index (χ0n) is 15.8. The first-order chi connectivity index (χ1) is 12.6. The topological polar surface area (TPSA) is 49.3 Å². The number of piperidine rings is 3. The van der Waals surface area contributed by atoms with Gasteiger partial charge in [-0.2, -0.15) is 0 Å². The van der Waals surface area contributed by atoms with Crippen LogP contribution in [0.2, 0.25) is 0 Å². The molecule has 3 aliphatic rings. The highest BCUT2D eigenvalue weighted by molar-refractivity contribution is 5.94. The van der Waals surface area contributed by atoms with E-state index in [1.165, 1.54) is 25.9 Å². The first-order valence-corrected chi connectivity index (χ1v) is 9.57. The molecule has 0 unspecified atom stereocenters. The van der Waals surface area contributed by atoms with E-state index in [1.807, 2.05) is 42.9 Å². The number of hydrogen-bond donors (Lipinski definition) is 2. The lowest BCUT2D eigenvalue weighted by molar-refractivity contribution is 0.0215. The number of rotatable bonds is 4. The second-order valence-corrected chi connectivity index (χ2v) is 7.61. The van der Waals surface area contributed by atoms with Gasteiger partial charge < -0.3 is 15.2 Å². The minimum Gasteiger partial charge on any atom is -0.388 e. The van der Waals surface area contributed by atoms with E-state index in [9.17, 15) is 4.79 Å². The number of carbonyl (C=O) groups is 1. The van der Waals surface area contributed by atoms with Crippen molar-refractivity contribution in [3.8, 4) is 11.3 Å². The molecule has 5 heteroatoms. The van der Waals surface area contributed by atoms with E-state index in [2.05, 4.69) is 34.6 Å². The van der Waals surface area contributed by atoms with E-state index in [4.69, 9.17) is 0 Å². The van der Waals surface area contributed by atoms with E-state index >= 15 is 0 Å². The molecule has 4 heterocycles. The predicted octanol–water partition coefficient (Wildman–Crippen LogP) is 2.95. The highest BCUT2D eigenvalue weighted by atomic mass is 16.2. The molecule has 0 saturated carbocycles. The van der Waals surface area contributed by atoms with Crippen molar-refractivity contribution in [1.29, 1.82) is 0 Å². The molecule has 3 fully saturated rings. The lowest BCUT2D eigenvalue weighted by atomic mass is 9.79. The van der Waals surface area contributed by atoms with Crippen LogP contribution in [0.15, 0.2) is 36.4 Å². The van der Waals surface area contributed by atoms with Gasteiger partial charge in [-0.05, 0) is 63.0 Å². The molecule has 2 aromatic rings. The number of anilines is 1. The number of amides is 1. The fraction of sp³-hybridized carbons (Fsp3) is 0.476. The monoisotopic (exact) mass is 352 g/mol. The molecular weight excluding hydrogens is 324 g/mol. The predicted molar refractivity (Wildman–Crippen MR) is 105 cm³/mol. The number of nitrogens with one attached hydrogen (secondary N) is 2. The van der Waals surface area contributed by atoms with Crippen molar-refractivity contribution in [3.63, 3.8) is 0 Å². The van der Waals surface area contributed by atoms with E-state index in [-0.39, 0.29) is 11.9 Å². The van der Waals surface area contributed by atoms with Gasteiger partial charge in [0.05, 0.1) is 0 Å². The summed E-state index contributed by atoms with van der Waals surface area (Å²) in [5, 5.41) is 6.50. The average molecular weight is 352 g/mol. The summed E-state index contributed by atoms with van der Waals surface area (Å²) in [7, 11) is 3.88. The van der Waals surface area contributed by atoms with E-state index in [1.54, 1.807) is 0 Å². The molecule has 2 bridgehead atoms. The van der Waals surface area contributed by atoms with Gasteiger partial charge in [0.15, 0.2) is 0 Å². The summed E-state index contributed by atoms with van der Waals surface area (Å²) >= 11 is 0. The van der Waals surface area contributed by atoms with Crippen LogP contribution in [0.3, 0.4) is 0 Å². The molecule has 3 aliphatic heterocycles. The van der Waals surface area contributed by atoms with Gasteiger partial charge >= 0.3 is 0 Å². The van der Waals surface area contributed by atoms with E-state index < -0.39 is 0 Å². The van der Waals surface area contributed by atoms with Crippen LogP contribution in [0.1, 0.15) is 30.3 Å². The van der Waals surface area contributed by atoms with Crippen molar-refractivity contribution in [1.82, 2.24) is 14.8 Å². The van der Waals surface area contributed by atoms with Crippen molar-refractivity contribution in [3.05, 3.63) is 42.1 Å². The normalized spacial score (nSPS) is 27.3. The largest absolute Gasteiger partial charge is 0.388 e. The highest BCUT2D eigenvalue weighted by Gasteiger charge is 2.40. The third kappa shape index (κ3) is 2.90. The Hall–Kier alpha value is -2.27. The van der Waals surface area contributed by atoms with Crippen molar-refractivity contribution < 1.29 is 4.79 Å². The summed E-state index contributed by atoms with van der Waals surface area (Å²) in [5.74, 6) is 0.653. The molecule has 138 valence electrons. The summed E-state index contributed by atoms with van der Waals surface area (Å²) in [6.07, 6.45) is 2.40. The Kier molecular flexibility index (Phi) is 4.49. The van der Waals surface area contributed by atoms with Gasteiger partial charge in [-0.25, -0.2) is 0 Å². The SMILES string of the molecule is CNc1cccc(-c2ccc(C(=O)N[C@@H]3C4CCN(CC4)[C@@H]3C)n2C)c1. The number of fused-ring (bicyclic) bond motifs is 3. The summed E-state index contributed by atoms with van der Waals surface area (Å²) in [5.41, 5.74) is 3.94. The summed E-state index contributed by atoms with van der Waals surface area (Å²) in [6.45, 7) is 4.60. The number of hydrogen-bond acceptors (Lipinski definition) is 3. The molecule has 0 aliphatic carbocycles. The van der Waals surface area contributed by atoms with Gasteiger partial charge in [-0.1, -0.05) is 12.1 Å². The average Bonchev–Trinajstić information content (AvgIpc) is 3.06. The van der Waals surface area contributed by atoms with Crippen LogP contribution >= 0.6 is 0 Å². The minimum absolute atomic E-state index is 0.0362. The standard InChI is InChI=1S/C21H28N4O/c1-14-20(15-9-11-25(14)12-10-15)23-21(26)19-8-7-18(24(19)3)16-5-4-6-17(13-16)22-2/h4-8,13-15,20,22H,9-12H2,1-3H3,(H,23,26)/t14-,20+/m1/s1. The lowest BCUT2D eigenvalue weighted by Gasteiger charge is -2.49. The first kappa shape index (κ1) is 17.2. The fourth-order valence-corrected chi connectivity index (χ4v) is 4.63. The zero-order chi connectivity index (χ0) is 18.3. The van der Waals surface area contributed by atoms with Gasteiger partial charge in [0, 0.05) is 43.1 Å². The third-order valence-electron chi connectivity index (χ3n) is 6.28. The minimum atomic E-state index is 0.0362. The van der Waals surface area contributed by atoms with Crippen molar-refractivity contribution >= 4 is 11.6 Å². The lowest BCUT2D eigenvalue weighted by Crippen LogP contribution is -2.62. The molecule has 5 nitrogen and oxygen atoms in total. The van der Waals surface area contributed by atoms with Gasteiger partial charge in [-0.15, -0.1) is 0 Å². The number of nitrogens with zero attached hydrogens (tertiary/aromatic N) is 2. The van der Waals surface area contributed by atoms with Crippen LogP contribution in [0.4, 0.5) is 5.69 Å². The van der Waals surface area contributed by atoms with Crippen LogP contribution in [-0.2, 0) is 7.05 Å². The number of benzene rings is 1. The molecule has 2 N–H and O–H groups in total. The van der Waals surface area contributed by atoms with E-state index in [0.29, 0.717) is 12.0 Å². The Labute approximate surface area is 155 Å². The van der Waals surface area contributed by atoms with Gasteiger partial charge in [-0.3, -0.25) is 9.69 Å². The smallest absolute Gasteiger partial charge is 0.268 e. The summed E-state index contributed by atoms with van der Waals surface area (Å²) in [6, 6.07) is 12.9. The number of aromatic nitrogens is 1. The van der Waals surface area contributed by atoms with Crippen molar-refractivity contribution in [2.75, 3.05) is 25.5 Å². The molecule has 26 heavy (non-hydrogen) atoms. The maximum Gasteiger partial charge on any atom is 0.268 e. The maximum absolute atomic E-state index is 13.0. The molecule has 3 saturated heterocycles. The van der Waals surface area contributed by atoms with Gasteiger partial charge in [0.2, 0.25) is 0 Å². The van der Waals surface area contributed by atoms with Crippen LogP contribution in [0, 0.1) is 5.92 Å². The van der Waals surface area contributed by atoms with Crippen molar-refractivity contribution in [2.45, 2.75) is 31.8 Å². The summed E-state index contributed by atoms with van der Waals surface area (Å²) < 4.78 is 2.00. The zero-order valence-corrected chi connectivity index (χ0v) is 15.8. The van der Waals surface area contributed by atoms with Gasteiger partial charge in [0.25, 0.3) is 5.91 Å². The first-order valence-electron chi connectivity index (χ1n) is 9.57. The Morgan fingerprint density at radius 2 is 1.92 bits per heavy atom. The van der Waals surface area contributed by atoms with Crippen LogP contribution in [0.5, 0.6) is 0 Å². The van der Waals surface area contributed by atoms with Gasteiger partial charge in [0.1, 0.15) is 5.69 Å². The molecule has 0 radical (unpaired) electrons. The fourth-order valence-electron chi connectivity index (χ4n) is 4.63. The van der Waals surface area contributed by atoms with Crippen molar-refractivity contribution in [2.24, 2.45) is 13.0 Å². The van der Waals surface area contributed by atoms with Crippen LogP contribution in [-0.4, -0.2) is 47.6 Å². The second kappa shape index (κ2) is 6.80. The molecular formula is C21H28N4O. The Morgan fingerprint density at radius 1 is 1.15 bits per heavy atom. The second-order valence-electron chi connectivity index (χ2n) is 7.61. The molecule has 1 aromatic carbocycles. The maximum atomic E-state index is 13.0. The molecule has 5 rings (SSSR count). The molecule has 2 atom stereocenters. The number of carbonyl (C=O) groups excluding carboxylic acids is 1. The molecule has 1 aromatic heterocycles. The molecule has 0 spiro atoms. The quantitative estimate of drug-likeness (QED) is 0.889. The Bertz CT molecular complexity index is 802. The summed E-state index contributed by atoms with van der Waals surface area (Å²) in [4.78, 5) is 15.5. The third-order valence-corrected chi connectivity index (χ3v) is 6.28. The Morgan fingerprint density at radius 3 is 2.62 bits per heavy atom. The van der Waals surface area contributed by atoms with Crippen LogP contribution < -0.4 is 10.6 Å². The Balaban J connectivity index is 1.55. The molecule has 1 amide bonds. The highest BCUT2D eigenvalue weighted by Crippen LogP contribution is 2.32. The van der Waals surface area contributed by atoms with Crippen LogP contribution in [0.25, 0.3) is 11.3 Å². The van der Waals surface area contributed by atoms with E-state index in [0.717, 1.165) is 22.6 Å².